The van der Waals surface area contributed by atoms with E-state index >= 15 is 0 Å². The Balaban J connectivity index is 1.87. The van der Waals surface area contributed by atoms with Crippen molar-refractivity contribution in [2.75, 3.05) is 16.0 Å². The van der Waals surface area contributed by atoms with Gasteiger partial charge in [0.15, 0.2) is 18.3 Å². The van der Waals surface area contributed by atoms with E-state index in [1.54, 1.807) is 75.4 Å². The highest BCUT2D eigenvalue weighted by Crippen LogP contribution is 2.33. The average Bonchev–Trinajstić information content (AvgIpc) is 3.04. The lowest BCUT2D eigenvalue weighted by Crippen LogP contribution is -2.37. The first-order valence-corrected chi connectivity index (χ1v) is 18.0. The number of anilines is 3. The van der Waals surface area contributed by atoms with Crippen LogP contribution in [0.15, 0.2) is 66.7 Å². The molecule has 280 valence electrons. The molecule has 1 heterocycles. The van der Waals surface area contributed by atoms with Crippen molar-refractivity contribution < 1.29 is 38.1 Å². The standard InChI is InChI=1S/C41H53N3O8/c1-24(2)20-34-37(45)42-29-15-11-13-17-32(29)50-36(22-26(5)6)39(47)44-30-23-27(40(48)52-41(7,8)9)18-19-33(30)51-35(21-25(3)4)38(46)43-28-14-10-12-16-31(28)49-34/h10-19,23-26,34-36H,20-22H2,1-9H3,(H,42,45)(H,43,46)(H,44,47). The number of para-hydroxylation sites is 4. The topological polar surface area (TPSA) is 141 Å². The van der Waals surface area contributed by atoms with Gasteiger partial charge in [-0.3, -0.25) is 14.4 Å². The minimum atomic E-state index is -1.01. The summed E-state index contributed by atoms with van der Waals surface area (Å²) in [5.41, 5.74) is 0.311. The Hall–Kier alpha value is -5.06. The third-order valence-corrected chi connectivity index (χ3v) is 7.90. The summed E-state index contributed by atoms with van der Waals surface area (Å²) in [6.07, 6.45) is -1.92. The normalized spacial score (nSPS) is 18.6. The zero-order valence-corrected chi connectivity index (χ0v) is 31.7. The van der Waals surface area contributed by atoms with Crippen molar-refractivity contribution in [3.05, 3.63) is 72.3 Å². The lowest BCUT2D eigenvalue weighted by atomic mass is 10.0. The van der Waals surface area contributed by atoms with Gasteiger partial charge in [-0.15, -0.1) is 0 Å². The summed E-state index contributed by atoms with van der Waals surface area (Å²) in [5.74, 6) is -0.998. The molecule has 0 spiro atoms. The Labute approximate surface area is 307 Å². The second-order valence-electron chi connectivity index (χ2n) is 15.4. The van der Waals surface area contributed by atoms with Gasteiger partial charge in [0.05, 0.1) is 22.6 Å². The lowest BCUT2D eigenvalue weighted by Gasteiger charge is -2.27. The number of hydrogen-bond acceptors (Lipinski definition) is 8. The minimum absolute atomic E-state index is 0.0437. The minimum Gasteiger partial charge on any atom is -0.478 e. The van der Waals surface area contributed by atoms with Gasteiger partial charge in [0.2, 0.25) is 0 Å². The van der Waals surface area contributed by atoms with Gasteiger partial charge in [-0.1, -0.05) is 65.8 Å². The largest absolute Gasteiger partial charge is 0.478 e. The van der Waals surface area contributed by atoms with E-state index in [2.05, 4.69) is 16.0 Å². The maximum atomic E-state index is 14.1. The summed E-state index contributed by atoms with van der Waals surface area (Å²) >= 11 is 0. The molecule has 4 rings (SSSR count). The van der Waals surface area contributed by atoms with Gasteiger partial charge in [0.1, 0.15) is 22.8 Å². The van der Waals surface area contributed by atoms with E-state index in [0.29, 0.717) is 42.1 Å². The van der Waals surface area contributed by atoms with E-state index in [9.17, 15) is 19.2 Å². The molecule has 3 amide bonds. The van der Waals surface area contributed by atoms with Crippen LogP contribution in [0.5, 0.6) is 17.2 Å². The Morgan fingerprint density at radius 1 is 0.596 bits per heavy atom. The fourth-order valence-corrected chi connectivity index (χ4v) is 5.55. The van der Waals surface area contributed by atoms with Crippen molar-refractivity contribution in [2.24, 2.45) is 17.8 Å². The average molecular weight is 716 g/mol. The Bertz CT molecular complexity index is 1720. The van der Waals surface area contributed by atoms with E-state index in [1.165, 1.54) is 12.1 Å². The molecule has 1 aliphatic rings. The van der Waals surface area contributed by atoms with Gasteiger partial charge >= 0.3 is 5.97 Å². The van der Waals surface area contributed by atoms with Crippen LogP contribution in [0, 0.1) is 17.8 Å². The molecule has 0 saturated carbocycles. The number of carbonyl (C=O) groups excluding carboxylic acids is 4. The summed E-state index contributed by atoms with van der Waals surface area (Å²) in [7, 11) is 0. The van der Waals surface area contributed by atoms with Crippen LogP contribution in [-0.4, -0.2) is 47.6 Å². The number of hydrogen-bond donors (Lipinski definition) is 3. The predicted octanol–water partition coefficient (Wildman–Crippen LogP) is 8.25. The van der Waals surface area contributed by atoms with Crippen molar-refractivity contribution in [3.8, 4) is 17.2 Å². The van der Waals surface area contributed by atoms with Crippen LogP contribution < -0.4 is 30.2 Å². The van der Waals surface area contributed by atoms with Crippen molar-refractivity contribution >= 4 is 40.8 Å². The quantitative estimate of drug-likeness (QED) is 0.208. The Morgan fingerprint density at radius 2 is 0.962 bits per heavy atom. The molecule has 3 aromatic rings. The van der Waals surface area contributed by atoms with Crippen molar-refractivity contribution in [2.45, 2.75) is 105 Å². The number of esters is 1. The second-order valence-corrected chi connectivity index (χ2v) is 15.4. The van der Waals surface area contributed by atoms with Crippen LogP contribution in [0.3, 0.4) is 0 Å². The Morgan fingerprint density at radius 3 is 1.35 bits per heavy atom. The molecule has 3 N–H and O–H groups in total. The molecule has 11 nitrogen and oxygen atoms in total. The van der Waals surface area contributed by atoms with Gasteiger partial charge in [-0.05, 0) is 100 Å². The van der Waals surface area contributed by atoms with E-state index in [4.69, 9.17) is 18.9 Å². The fraction of sp³-hybridized carbons (Fsp3) is 0.463. The van der Waals surface area contributed by atoms with Gasteiger partial charge in [0.25, 0.3) is 17.7 Å². The number of amides is 3. The summed E-state index contributed by atoms with van der Waals surface area (Å²) in [4.78, 5) is 55.1. The summed E-state index contributed by atoms with van der Waals surface area (Å²) < 4.78 is 24.7. The highest BCUT2D eigenvalue weighted by atomic mass is 16.6. The lowest BCUT2D eigenvalue weighted by molar-refractivity contribution is -0.123. The van der Waals surface area contributed by atoms with Gasteiger partial charge in [0, 0.05) is 0 Å². The maximum absolute atomic E-state index is 14.1. The molecular weight excluding hydrogens is 662 g/mol. The number of rotatable bonds is 7. The fourth-order valence-electron chi connectivity index (χ4n) is 5.55. The first-order valence-electron chi connectivity index (χ1n) is 18.0. The highest BCUT2D eigenvalue weighted by Gasteiger charge is 2.30. The van der Waals surface area contributed by atoms with Crippen LogP contribution in [0.1, 0.15) is 91.9 Å². The molecule has 3 atom stereocenters. The summed E-state index contributed by atoms with van der Waals surface area (Å²) in [6.45, 7) is 17.1. The van der Waals surface area contributed by atoms with E-state index in [0.717, 1.165) is 0 Å². The monoisotopic (exact) mass is 715 g/mol. The number of nitrogens with one attached hydrogen (secondary N) is 3. The molecular formula is C41H53N3O8. The molecule has 0 aromatic heterocycles. The third-order valence-electron chi connectivity index (χ3n) is 7.90. The molecule has 0 radical (unpaired) electrons. The number of benzene rings is 3. The van der Waals surface area contributed by atoms with E-state index in [-0.39, 0.29) is 34.8 Å². The SMILES string of the molecule is CC(C)CC1Oc2ccccc2NC(=O)C(CC(C)C)Oc2ccccc2NC(=O)C(CC(C)C)Oc2ccc(C(=O)OC(C)(C)C)cc2NC1=O. The molecule has 0 fully saturated rings. The van der Waals surface area contributed by atoms with Gasteiger partial charge in [-0.2, -0.15) is 0 Å². The van der Waals surface area contributed by atoms with Crippen LogP contribution in [0.25, 0.3) is 0 Å². The zero-order chi connectivity index (χ0) is 38.2. The van der Waals surface area contributed by atoms with Gasteiger partial charge < -0.3 is 34.9 Å². The van der Waals surface area contributed by atoms with E-state index in [1.807, 2.05) is 41.5 Å². The first kappa shape index (κ1) is 39.7. The van der Waals surface area contributed by atoms with Gasteiger partial charge in [-0.25, -0.2) is 4.79 Å². The second kappa shape index (κ2) is 17.4. The van der Waals surface area contributed by atoms with Crippen LogP contribution >= 0.6 is 0 Å². The molecule has 11 heteroatoms. The summed E-state index contributed by atoms with van der Waals surface area (Å²) in [5, 5.41) is 8.81. The number of ether oxygens (including phenoxy) is 4. The number of carbonyl (C=O) groups is 4. The van der Waals surface area contributed by atoms with Crippen molar-refractivity contribution in [1.82, 2.24) is 0 Å². The highest BCUT2D eigenvalue weighted by molar-refractivity contribution is 6.00. The van der Waals surface area contributed by atoms with Crippen LogP contribution in [0.2, 0.25) is 0 Å². The number of fused-ring (bicyclic) bond motifs is 3. The molecule has 0 bridgehead atoms. The molecule has 3 aromatic carbocycles. The van der Waals surface area contributed by atoms with Crippen molar-refractivity contribution in [1.29, 1.82) is 0 Å². The molecule has 1 aliphatic heterocycles. The summed E-state index contributed by atoms with van der Waals surface area (Å²) in [6, 6.07) is 18.4. The Kier molecular flexibility index (Phi) is 13.3. The smallest absolute Gasteiger partial charge is 0.338 e. The zero-order valence-electron chi connectivity index (χ0n) is 31.7. The first-order chi connectivity index (χ1) is 24.5. The van der Waals surface area contributed by atoms with Crippen molar-refractivity contribution in [3.63, 3.8) is 0 Å². The van der Waals surface area contributed by atoms with Crippen LogP contribution in [0.4, 0.5) is 17.1 Å². The third kappa shape index (κ3) is 11.5. The van der Waals surface area contributed by atoms with E-state index < -0.39 is 47.6 Å². The molecule has 0 saturated heterocycles. The molecule has 3 unspecified atom stereocenters. The predicted molar refractivity (Wildman–Crippen MR) is 202 cm³/mol. The molecule has 52 heavy (non-hydrogen) atoms. The molecule has 0 aliphatic carbocycles. The van der Waals surface area contributed by atoms with Crippen LogP contribution in [-0.2, 0) is 19.1 Å². The maximum Gasteiger partial charge on any atom is 0.338 e.